The van der Waals surface area contributed by atoms with Gasteiger partial charge in [-0.1, -0.05) is 11.6 Å². The molecule has 0 saturated heterocycles. The van der Waals surface area contributed by atoms with E-state index in [1.54, 1.807) is 22.2 Å². The fourth-order valence-electron chi connectivity index (χ4n) is 1.31. The number of nitrogens with zero attached hydrogens (tertiary/aromatic N) is 2. The zero-order valence-corrected chi connectivity index (χ0v) is 9.22. The van der Waals surface area contributed by atoms with Gasteiger partial charge in [-0.15, -0.1) is 0 Å². The third-order valence-corrected chi connectivity index (χ3v) is 3.17. The Labute approximate surface area is 91.1 Å². The maximum Gasteiger partial charge on any atom is 0.141 e. The van der Waals surface area contributed by atoms with Gasteiger partial charge in [0.1, 0.15) is 10.8 Å². The second-order valence-electron chi connectivity index (χ2n) is 3.05. The normalized spacial score (nSPS) is 13.0. The van der Waals surface area contributed by atoms with E-state index in [1.165, 1.54) is 5.56 Å². The molecule has 0 aliphatic rings. The summed E-state index contributed by atoms with van der Waals surface area (Å²) in [5.74, 6) is 0.519. The molecule has 2 rings (SSSR count). The van der Waals surface area contributed by atoms with Gasteiger partial charge in [0.2, 0.25) is 0 Å². The van der Waals surface area contributed by atoms with Crippen LogP contribution < -0.4 is 5.73 Å². The van der Waals surface area contributed by atoms with Gasteiger partial charge in [-0.05, 0) is 29.3 Å². The molecule has 2 N–H and O–H groups in total. The number of hydrogen-bond acceptors (Lipinski definition) is 3. The molecule has 14 heavy (non-hydrogen) atoms. The van der Waals surface area contributed by atoms with Crippen LogP contribution in [0.5, 0.6) is 0 Å². The molecule has 0 spiro atoms. The molecule has 0 saturated carbocycles. The first kappa shape index (κ1) is 9.55. The third-order valence-electron chi connectivity index (χ3n) is 2.18. The van der Waals surface area contributed by atoms with Gasteiger partial charge in [-0.2, -0.15) is 16.4 Å². The summed E-state index contributed by atoms with van der Waals surface area (Å²) in [7, 11) is 0. The van der Waals surface area contributed by atoms with Crippen molar-refractivity contribution < 1.29 is 0 Å². The Morgan fingerprint density at radius 1 is 1.64 bits per heavy atom. The zero-order valence-electron chi connectivity index (χ0n) is 7.64. The van der Waals surface area contributed by atoms with E-state index in [2.05, 4.69) is 16.5 Å². The molecule has 2 heterocycles. The minimum Gasteiger partial charge on any atom is -0.383 e. The van der Waals surface area contributed by atoms with Crippen LogP contribution in [0.25, 0.3) is 0 Å². The molecule has 0 aromatic carbocycles. The number of hydrogen-bond donors (Lipinski definition) is 1. The smallest absolute Gasteiger partial charge is 0.141 e. The number of halogens is 1. The summed E-state index contributed by atoms with van der Waals surface area (Å²) >= 11 is 7.49. The molecule has 0 bridgehead atoms. The molecule has 2 aromatic rings. The summed E-state index contributed by atoms with van der Waals surface area (Å²) in [6, 6.07) is 2.19. The first-order chi connectivity index (χ1) is 6.70. The van der Waals surface area contributed by atoms with E-state index >= 15 is 0 Å². The topological polar surface area (TPSA) is 43.8 Å². The molecule has 1 unspecified atom stereocenters. The minimum absolute atomic E-state index is 0.133. The lowest BCUT2D eigenvalue weighted by atomic mass is 10.2. The lowest BCUT2D eigenvalue weighted by Gasteiger charge is -2.12. The molecule has 0 aliphatic carbocycles. The Kier molecular flexibility index (Phi) is 2.48. The lowest BCUT2D eigenvalue weighted by Crippen LogP contribution is -2.10. The monoisotopic (exact) mass is 227 g/mol. The van der Waals surface area contributed by atoms with Gasteiger partial charge < -0.3 is 5.73 Å². The summed E-state index contributed by atoms with van der Waals surface area (Å²) in [5, 5.41) is 8.76. The molecular weight excluding hydrogens is 218 g/mol. The van der Waals surface area contributed by atoms with Crippen LogP contribution >= 0.6 is 22.9 Å². The number of rotatable bonds is 2. The summed E-state index contributed by atoms with van der Waals surface area (Å²) < 4.78 is 1.73. The molecule has 0 radical (unpaired) electrons. The van der Waals surface area contributed by atoms with E-state index in [-0.39, 0.29) is 6.04 Å². The second kappa shape index (κ2) is 3.63. The fraction of sp³-hybridized carbons (Fsp3) is 0.222. The van der Waals surface area contributed by atoms with Gasteiger partial charge in [0.25, 0.3) is 0 Å². The number of nitrogens with two attached hydrogens (primary N) is 1. The number of thiophene rings is 1. The average molecular weight is 228 g/mol. The van der Waals surface area contributed by atoms with Crippen LogP contribution in [0.15, 0.2) is 23.0 Å². The fourth-order valence-corrected chi connectivity index (χ4v) is 2.19. The van der Waals surface area contributed by atoms with Crippen molar-refractivity contribution in [3.05, 3.63) is 33.6 Å². The highest BCUT2D eigenvalue weighted by atomic mass is 35.5. The number of aromatic nitrogens is 2. The van der Waals surface area contributed by atoms with Crippen molar-refractivity contribution in [2.45, 2.75) is 13.0 Å². The first-order valence-electron chi connectivity index (χ1n) is 4.20. The van der Waals surface area contributed by atoms with Crippen LogP contribution in [0.4, 0.5) is 5.82 Å². The van der Waals surface area contributed by atoms with Gasteiger partial charge in [-0.3, -0.25) is 0 Å². The van der Waals surface area contributed by atoms with Crippen LogP contribution in [0.2, 0.25) is 5.02 Å². The van der Waals surface area contributed by atoms with Crippen LogP contribution in [0, 0.1) is 0 Å². The maximum atomic E-state index is 5.83. The van der Waals surface area contributed by atoms with Crippen molar-refractivity contribution in [1.29, 1.82) is 0 Å². The molecule has 0 aliphatic heterocycles. The Morgan fingerprint density at radius 2 is 2.43 bits per heavy atom. The summed E-state index contributed by atoms with van der Waals surface area (Å²) in [5.41, 5.74) is 6.98. The molecule has 5 heteroatoms. The Hall–Kier alpha value is -1.00. The van der Waals surface area contributed by atoms with Crippen molar-refractivity contribution >= 4 is 28.8 Å². The van der Waals surface area contributed by atoms with Crippen LogP contribution in [-0.4, -0.2) is 9.78 Å². The molecule has 3 nitrogen and oxygen atoms in total. The van der Waals surface area contributed by atoms with Crippen molar-refractivity contribution in [3.63, 3.8) is 0 Å². The van der Waals surface area contributed by atoms with Crippen molar-refractivity contribution in [1.82, 2.24) is 9.78 Å². The predicted molar refractivity (Wildman–Crippen MR) is 59.8 cm³/mol. The number of anilines is 1. The van der Waals surface area contributed by atoms with Gasteiger partial charge >= 0.3 is 0 Å². The van der Waals surface area contributed by atoms with Crippen molar-refractivity contribution in [3.8, 4) is 0 Å². The van der Waals surface area contributed by atoms with Gasteiger partial charge in [0, 0.05) is 0 Å². The third kappa shape index (κ3) is 1.51. The van der Waals surface area contributed by atoms with E-state index in [9.17, 15) is 0 Å². The SMILES string of the molecule is CC(c1ccsc1)n1ncc(Cl)c1N. The quantitative estimate of drug-likeness (QED) is 0.858. The van der Waals surface area contributed by atoms with E-state index in [1.807, 2.05) is 12.3 Å². The summed E-state index contributed by atoms with van der Waals surface area (Å²) in [6.07, 6.45) is 1.57. The van der Waals surface area contributed by atoms with Crippen LogP contribution in [0.3, 0.4) is 0 Å². The van der Waals surface area contributed by atoms with Crippen molar-refractivity contribution in [2.75, 3.05) is 5.73 Å². The standard InChI is InChI=1S/C9H10ClN3S/c1-6(7-2-3-14-5-7)13-9(11)8(10)4-12-13/h2-6H,11H2,1H3. The van der Waals surface area contributed by atoms with Crippen LogP contribution in [-0.2, 0) is 0 Å². The van der Waals surface area contributed by atoms with Gasteiger partial charge in [0.15, 0.2) is 0 Å². The minimum atomic E-state index is 0.133. The average Bonchev–Trinajstić information content (AvgIpc) is 2.77. The molecule has 0 amide bonds. The largest absolute Gasteiger partial charge is 0.383 e. The summed E-state index contributed by atoms with van der Waals surface area (Å²) in [4.78, 5) is 0. The maximum absolute atomic E-state index is 5.83. The predicted octanol–water partition coefficient (Wildman–Crippen LogP) is 2.79. The molecule has 0 fully saturated rings. The van der Waals surface area contributed by atoms with Crippen LogP contribution in [0.1, 0.15) is 18.5 Å². The first-order valence-corrected chi connectivity index (χ1v) is 5.53. The van der Waals surface area contributed by atoms with E-state index in [0.29, 0.717) is 10.8 Å². The Morgan fingerprint density at radius 3 is 2.93 bits per heavy atom. The Bertz CT molecular complexity index is 421. The highest BCUT2D eigenvalue weighted by molar-refractivity contribution is 7.07. The Balaban J connectivity index is 2.36. The lowest BCUT2D eigenvalue weighted by molar-refractivity contribution is 0.574. The van der Waals surface area contributed by atoms with Gasteiger partial charge in [0.05, 0.1) is 12.2 Å². The molecular formula is C9H10ClN3S. The molecule has 2 aromatic heterocycles. The highest BCUT2D eigenvalue weighted by Gasteiger charge is 2.13. The molecule has 74 valence electrons. The van der Waals surface area contributed by atoms with Gasteiger partial charge in [-0.25, -0.2) is 4.68 Å². The van der Waals surface area contributed by atoms with Crippen molar-refractivity contribution in [2.24, 2.45) is 0 Å². The second-order valence-corrected chi connectivity index (χ2v) is 4.24. The van der Waals surface area contributed by atoms with E-state index < -0.39 is 0 Å². The van der Waals surface area contributed by atoms with E-state index in [0.717, 1.165) is 0 Å². The summed E-state index contributed by atoms with van der Waals surface area (Å²) in [6.45, 7) is 2.04. The number of nitrogen functional groups attached to an aromatic ring is 1. The zero-order chi connectivity index (χ0) is 10.1. The molecule has 1 atom stereocenters. The highest BCUT2D eigenvalue weighted by Crippen LogP contribution is 2.26. The van der Waals surface area contributed by atoms with E-state index in [4.69, 9.17) is 17.3 Å².